The number of carbonyl (C=O) groups is 4. The van der Waals surface area contributed by atoms with E-state index in [4.69, 9.17) is 19.2 Å². The van der Waals surface area contributed by atoms with Gasteiger partial charge in [0.15, 0.2) is 0 Å². The molecule has 5 aromatic rings. The zero-order valence-electron chi connectivity index (χ0n) is 42.4. The van der Waals surface area contributed by atoms with E-state index in [0.717, 1.165) is 5.56 Å². The monoisotopic (exact) mass is 1010 g/mol. The van der Waals surface area contributed by atoms with Crippen LogP contribution in [0.3, 0.4) is 0 Å². The van der Waals surface area contributed by atoms with Crippen molar-refractivity contribution in [3.8, 4) is 22.4 Å². The number of methoxy groups -OCH3 is 1. The summed E-state index contributed by atoms with van der Waals surface area (Å²) in [5, 5.41) is 24.8. The predicted molar refractivity (Wildman–Crippen MR) is 269 cm³/mol. The molecule has 0 aliphatic carbocycles. The number of rotatable bonds is 16. The van der Waals surface area contributed by atoms with Crippen molar-refractivity contribution in [2.75, 3.05) is 51.3 Å². The van der Waals surface area contributed by atoms with Crippen LogP contribution in [-0.2, 0) is 49.8 Å². The van der Waals surface area contributed by atoms with Crippen molar-refractivity contribution in [3.05, 3.63) is 107 Å². The highest BCUT2D eigenvalue weighted by Crippen LogP contribution is 2.44. The number of hydrogen-bond donors (Lipinski definition) is 4. The average Bonchev–Trinajstić information content (AvgIpc) is 3.63. The first-order valence-electron chi connectivity index (χ1n) is 24.5. The fourth-order valence-corrected chi connectivity index (χ4v) is 9.26. The molecule has 7 rings (SSSR count). The van der Waals surface area contributed by atoms with Crippen molar-refractivity contribution >= 4 is 40.7 Å². The molecule has 3 atom stereocenters. The normalized spacial score (nSPS) is 16.5. The summed E-state index contributed by atoms with van der Waals surface area (Å²) >= 11 is 0. The lowest BCUT2D eigenvalue weighted by Gasteiger charge is -2.35. The molecule has 0 bridgehead atoms. The summed E-state index contributed by atoms with van der Waals surface area (Å²) in [6.07, 6.45) is -3.98. The van der Waals surface area contributed by atoms with E-state index in [9.17, 15) is 42.6 Å². The van der Waals surface area contributed by atoms with E-state index >= 15 is 0 Å². The highest BCUT2D eigenvalue weighted by atomic mass is 19.4. The lowest BCUT2D eigenvalue weighted by molar-refractivity contribution is -0.147. The minimum Gasteiger partial charge on any atom is -0.480 e. The number of piperazine rings is 1. The van der Waals surface area contributed by atoms with Crippen molar-refractivity contribution < 1.29 is 56.8 Å². The molecule has 16 nitrogen and oxygen atoms in total. The van der Waals surface area contributed by atoms with Gasteiger partial charge in [-0.05, 0) is 98.4 Å². The van der Waals surface area contributed by atoms with Crippen LogP contribution in [0.15, 0.2) is 85.1 Å². The number of hydrogen-bond acceptors (Lipinski definition) is 11. The first kappa shape index (κ1) is 54.1. The highest BCUT2D eigenvalue weighted by molar-refractivity contribution is 5.96. The Hall–Kier alpha value is -6.70. The molecule has 3 amide bonds. The maximum atomic E-state index is 15.0. The van der Waals surface area contributed by atoms with Gasteiger partial charge in [-0.15, -0.1) is 0 Å². The number of fused-ring (bicyclic) bond motifs is 1. The molecule has 2 fully saturated rings. The van der Waals surface area contributed by atoms with E-state index < -0.39 is 66.0 Å². The molecule has 2 aromatic heterocycles. The Kier molecular flexibility index (Phi) is 16.7. The van der Waals surface area contributed by atoms with Gasteiger partial charge in [0.25, 0.3) is 5.91 Å². The smallest absolute Gasteiger partial charge is 0.410 e. The van der Waals surface area contributed by atoms with Crippen LogP contribution in [0.2, 0.25) is 0 Å². The van der Waals surface area contributed by atoms with Gasteiger partial charge in [-0.3, -0.25) is 19.6 Å². The number of aliphatic carboxylic acids is 1. The van der Waals surface area contributed by atoms with Gasteiger partial charge >= 0.3 is 24.3 Å². The number of aromatic nitrogens is 2. The molecule has 73 heavy (non-hydrogen) atoms. The molecular formula is C54H66F3N7O9. The molecule has 2 aliphatic heterocycles. The number of alkyl halides is 3. The molecule has 4 heterocycles. The van der Waals surface area contributed by atoms with Crippen molar-refractivity contribution in [1.29, 1.82) is 0 Å². The summed E-state index contributed by atoms with van der Waals surface area (Å²) in [6, 6.07) is 21.5. The van der Waals surface area contributed by atoms with Gasteiger partial charge in [0.05, 0.1) is 29.4 Å². The number of ether oxygens (including phenoxy) is 3. The van der Waals surface area contributed by atoms with Crippen LogP contribution in [0.4, 0.5) is 28.4 Å². The largest absolute Gasteiger partial charge is 0.480 e. The van der Waals surface area contributed by atoms with Crippen molar-refractivity contribution in [3.63, 3.8) is 0 Å². The summed E-state index contributed by atoms with van der Waals surface area (Å²) in [7, 11) is 1.51. The fraction of sp³-hybridized carbons (Fsp3) is 0.463. The molecule has 0 spiro atoms. The molecule has 0 saturated carbocycles. The van der Waals surface area contributed by atoms with Gasteiger partial charge in [0, 0.05) is 69.3 Å². The van der Waals surface area contributed by atoms with Gasteiger partial charge in [0.2, 0.25) is 0 Å². The van der Waals surface area contributed by atoms with Gasteiger partial charge in [-0.1, -0.05) is 74.5 Å². The molecule has 392 valence electrons. The molecule has 2 saturated heterocycles. The second kappa shape index (κ2) is 22.6. The third-order valence-electron chi connectivity index (χ3n) is 13.0. The Balaban J connectivity index is 1.28. The number of pyridine rings is 1. The Morgan fingerprint density at radius 1 is 0.890 bits per heavy atom. The van der Waals surface area contributed by atoms with Crippen molar-refractivity contribution in [2.45, 2.75) is 110 Å². The number of nitrogens with one attached hydrogen (secondary N) is 2. The first-order chi connectivity index (χ1) is 34.5. The number of alkyl carbamates (subject to hydrolysis) is 1. The number of aliphatic hydroxyl groups is 1. The summed E-state index contributed by atoms with van der Waals surface area (Å²) < 4.78 is 63.1. The van der Waals surface area contributed by atoms with Crippen molar-refractivity contribution in [1.82, 2.24) is 30.2 Å². The molecule has 0 unspecified atom stereocenters. The van der Waals surface area contributed by atoms with Crippen LogP contribution >= 0.6 is 0 Å². The third kappa shape index (κ3) is 13.7. The van der Waals surface area contributed by atoms with Crippen LogP contribution in [0, 0.1) is 5.41 Å². The second-order valence-electron chi connectivity index (χ2n) is 20.5. The Morgan fingerprint density at radius 2 is 1.59 bits per heavy atom. The number of amides is 3. The molecule has 4 N–H and O–H groups in total. The van der Waals surface area contributed by atoms with Crippen LogP contribution < -0.4 is 15.6 Å². The van der Waals surface area contributed by atoms with Crippen LogP contribution in [0.25, 0.3) is 33.3 Å². The number of anilines is 1. The van der Waals surface area contributed by atoms with Gasteiger partial charge in [0.1, 0.15) is 30.8 Å². The van der Waals surface area contributed by atoms with Crippen LogP contribution in [0.5, 0.6) is 0 Å². The number of halogens is 3. The second-order valence-corrected chi connectivity index (χ2v) is 20.5. The number of carboxylic acid groups (broad SMARTS) is 1. The Labute approximate surface area is 423 Å². The standard InChI is InChI=1S/C54H66F3N7O9/c1-34(71-7)46-41(28-39(30-58-46)61-21-23-62(24-22-61)51(70)72-31-35-13-9-8-10-14-35)47-42(29-53(5,6)33-65)40-27-38(18-19-45(40)63(47)32-54(55,56)57)37-16-11-15-36(25-37)26-44(59-50(69)73-52(2,3)4)48(66)64-20-12-17-43(60-64)49(67)68/h8-11,13-16,18-19,25,27-28,30,34,43-44,60,65H,12,17,20-24,26,29,31-33H2,1-7H3,(H,59,69)(H,67,68)/t34-,43-,44-/m0/s1. The number of aliphatic hydroxyl groups excluding tert-OH is 1. The quantitative estimate of drug-likeness (QED) is 0.0738. The fourth-order valence-electron chi connectivity index (χ4n) is 9.26. The Morgan fingerprint density at radius 3 is 2.25 bits per heavy atom. The molecule has 0 radical (unpaired) electrons. The minimum absolute atomic E-state index is 0.0106. The molecule has 19 heteroatoms. The average molecular weight is 1010 g/mol. The maximum Gasteiger partial charge on any atom is 0.410 e. The Bertz CT molecular complexity index is 2770. The van der Waals surface area contributed by atoms with E-state index in [0.29, 0.717) is 89.1 Å². The van der Waals surface area contributed by atoms with Gasteiger partial charge < -0.3 is 44.1 Å². The minimum atomic E-state index is -4.65. The van der Waals surface area contributed by atoms with Gasteiger partial charge in [-0.2, -0.15) is 13.2 Å². The third-order valence-corrected chi connectivity index (χ3v) is 13.0. The topological polar surface area (TPSA) is 188 Å². The SMILES string of the molecule is CO[C@@H](C)c1ncc(N2CCN(C(=O)OCc3ccccc3)CC2)cc1-c1c(CC(C)(C)CO)c2cc(-c3cccc(C[C@H](NC(=O)OC(C)(C)C)C(=O)N4CCC[C@@H](C(=O)O)N4)c3)ccc2n1CC(F)(F)F. The maximum absolute atomic E-state index is 15.0. The lowest BCUT2D eigenvalue weighted by Crippen LogP contribution is -2.60. The zero-order chi connectivity index (χ0) is 52.8. The number of carboxylic acids is 1. The van der Waals surface area contributed by atoms with E-state index in [1.165, 1.54) is 16.7 Å². The first-order valence-corrected chi connectivity index (χ1v) is 24.5. The number of hydrazine groups is 1. The van der Waals surface area contributed by atoms with Crippen LogP contribution in [-0.4, -0.2) is 124 Å². The summed E-state index contributed by atoms with van der Waals surface area (Å²) in [5.74, 6) is -1.66. The lowest BCUT2D eigenvalue weighted by atomic mass is 9.84. The highest BCUT2D eigenvalue weighted by Gasteiger charge is 2.36. The van der Waals surface area contributed by atoms with E-state index in [-0.39, 0.29) is 38.3 Å². The van der Waals surface area contributed by atoms with E-state index in [2.05, 4.69) is 10.7 Å². The van der Waals surface area contributed by atoms with E-state index in [1.54, 1.807) is 63.1 Å². The molecule has 3 aromatic carbocycles. The summed E-state index contributed by atoms with van der Waals surface area (Å²) in [6.45, 7) is 10.8. The predicted octanol–water partition coefficient (Wildman–Crippen LogP) is 8.68. The number of nitrogens with zero attached hydrogens (tertiary/aromatic N) is 5. The number of carbonyl (C=O) groups excluding carboxylic acids is 3. The molecule has 2 aliphatic rings. The molecular weight excluding hydrogens is 948 g/mol. The summed E-state index contributed by atoms with van der Waals surface area (Å²) in [5.41, 5.74) is 6.55. The van der Waals surface area contributed by atoms with E-state index in [1.807, 2.05) is 73.3 Å². The summed E-state index contributed by atoms with van der Waals surface area (Å²) in [4.78, 5) is 60.6. The van der Waals surface area contributed by atoms with Crippen molar-refractivity contribution in [2.24, 2.45) is 5.41 Å². The number of benzene rings is 3. The van der Waals surface area contributed by atoms with Gasteiger partial charge in [-0.25, -0.2) is 15.0 Å². The van der Waals surface area contributed by atoms with Crippen LogP contribution in [0.1, 0.15) is 82.9 Å². The zero-order valence-corrected chi connectivity index (χ0v) is 42.4.